The third-order valence-electron chi connectivity index (χ3n) is 7.23. The molecule has 186 valence electrons. The van der Waals surface area contributed by atoms with Gasteiger partial charge in [-0.2, -0.15) is 0 Å². The molecule has 2 N–H and O–H groups in total. The molecule has 2 amide bonds. The number of amides is 2. The van der Waals surface area contributed by atoms with Crippen molar-refractivity contribution in [2.75, 3.05) is 11.9 Å². The van der Waals surface area contributed by atoms with Crippen molar-refractivity contribution in [2.45, 2.75) is 57.1 Å². The van der Waals surface area contributed by atoms with Gasteiger partial charge in [0.25, 0.3) is 5.91 Å². The lowest BCUT2D eigenvalue weighted by Crippen LogP contribution is -2.54. The van der Waals surface area contributed by atoms with E-state index in [9.17, 15) is 9.59 Å². The molecule has 2 saturated heterocycles. The van der Waals surface area contributed by atoms with E-state index in [1.165, 1.54) is 0 Å². The van der Waals surface area contributed by atoms with Gasteiger partial charge >= 0.3 is 0 Å². The molecule has 8 heteroatoms. The van der Waals surface area contributed by atoms with Crippen molar-refractivity contribution in [2.24, 2.45) is 0 Å². The molecule has 0 saturated carbocycles. The molecule has 2 fully saturated rings. The third-order valence-corrected chi connectivity index (χ3v) is 7.64. The van der Waals surface area contributed by atoms with Gasteiger partial charge in [0.2, 0.25) is 5.91 Å². The highest BCUT2D eigenvalue weighted by atomic mass is 35.5. The number of para-hydroxylation sites is 1. The van der Waals surface area contributed by atoms with Crippen LogP contribution in [0.25, 0.3) is 10.9 Å². The fraction of sp³-hybridized carbons (Fsp3) is 0.357. The lowest BCUT2D eigenvalue weighted by atomic mass is 9.73. The van der Waals surface area contributed by atoms with Crippen LogP contribution in [0.15, 0.2) is 54.7 Å². The van der Waals surface area contributed by atoms with Gasteiger partial charge in [-0.1, -0.05) is 48.9 Å². The molecule has 0 bridgehead atoms. The molecular weight excluding hydrogens is 476 g/mol. The normalized spacial score (nSPS) is 24.7. The molecule has 36 heavy (non-hydrogen) atoms. The van der Waals surface area contributed by atoms with Crippen molar-refractivity contribution < 1.29 is 14.3 Å². The van der Waals surface area contributed by atoms with Gasteiger partial charge in [0.05, 0.1) is 27.9 Å². The van der Waals surface area contributed by atoms with Crippen LogP contribution in [0.4, 0.5) is 5.69 Å². The maximum Gasteiger partial charge on any atom is 0.257 e. The highest BCUT2D eigenvalue weighted by Gasteiger charge is 2.44. The second-order valence-corrected chi connectivity index (χ2v) is 10.4. The zero-order valence-corrected chi connectivity index (χ0v) is 21.1. The summed E-state index contributed by atoms with van der Waals surface area (Å²) in [6.07, 6.45) is 3.72. The van der Waals surface area contributed by atoms with Gasteiger partial charge in [-0.05, 0) is 43.5 Å². The summed E-state index contributed by atoms with van der Waals surface area (Å²) in [5.41, 5.74) is 1.81. The number of fused-ring (bicyclic) bond motifs is 1. The number of aromatic nitrogens is 1. The SMILES string of the molecule is C[C@@H]1C[C@H](N2C(=N)C[C@](C)(c3cccc(NC(=O)c4cnc5ccccc5c4)c3Cl)CC2=O)CCO1. The summed E-state index contributed by atoms with van der Waals surface area (Å²) in [5.74, 6) is -0.0779. The number of carbonyl (C=O) groups is 2. The number of nitrogens with zero attached hydrogens (tertiary/aromatic N) is 2. The average Bonchev–Trinajstić information content (AvgIpc) is 2.84. The molecule has 3 heterocycles. The Labute approximate surface area is 215 Å². The zero-order chi connectivity index (χ0) is 25.4. The van der Waals surface area contributed by atoms with E-state index in [1.807, 2.05) is 50.2 Å². The predicted octanol–water partition coefficient (Wildman–Crippen LogP) is 5.57. The number of ether oxygens (including phenoxy) is 1. The topological polar surface area (TPSA) is 95.4 Å². The smallest absolute Gasteiger partial charge is 0.257 e. The standard InChI is InChI=1S/C28H29ClN4O3/c1-17-12-20(10-11-36-17)33-24(30)14-28(2,15-25(33)34)21-7-5-9-23(26(21)29)32-27(35)19-13-18-6-3-4-8-22(18)31-16-19/h3-9,13,16-17,20,30H,10-12,14-15H2,1-2H3,(H,32,35)/t17-,20-,28+/m1/s1. The molecule has 2 aliphatic heterocycles. The van der Waals surface area contributed by atoms with Crippen LogP contribution in [-0.4, -0.2) is 46.3 Å². The van der Waals surface area contributed by atoms with Gasteiger partial charge in [-0.25, -0.2) is 0 Å². The van der Waals surface area contributed by atoms with Gasteiger partial charge in [0, 0.05) is 42.5 Å². The van der Waals surface area contributed by atoms with Crippen LogP contribution < -0.4 is 5.32 Å². The van der Waals surface area contributed by atoms with Crippen molar-refractivity contribution in [1.82, 2.24) is 9.88 Å². The van der Waals surface area contributed by atoms with E-state index in [0.717, 1.165) is 29.3 Å². The molecule has 0 aliphatic carbocycles. The summed E-state index contributed by atoms with van der Waals surface area (Å²) in [4.78, 5) is 32.3. The Hall–Kier alpha value is -3.29. The number of hydrogen-bond acceptors (Lipinski definition) is 5. The zero-order valence-electron chi connectivity index (χ0n) is 20.4. The van der Waals surface area contributed by atoms with Crippen LogP contribution in [0.3, 0.4) is 0 Å². The Morgan fingerprint density at radius 2 is 2.03 bits per heavy atom. The van der Waals surface area contributed by atoms with Crippen LogP contribution in [-0.2, 0) is 14.9 Å². The molecule has 7 nitrogen and oxygen atoms in total. The first-order chi connectivity index (χ1) is 17.2. The molecule has 3 atom stereocenters. The lowest BCUT2D eigenvalue weighted by molar-refractivity contribution is -0.134. The van der Waals surface area contributed by atoms with E-state index in [2.05, 4.69) is 10.3 Å². The highest BCUT2D eigenvalue weighted by Crippen LogP contribution is 2.43. The Kier molecular flexibility index (Phi) is 6.53. The first-order valence-corrected chi connectivity index (χ1v) is 12.6. The summed E-state index contributed by atoms with van der Waals surface area (Å²) >= 11 is 6.82. The van der Waals surface area contributed by atoms with Crippen molar-refractivity contribution in [3.05, 3.63) is 70.9 Å². The largest absolute Gasteiger partial charge is 0.378 e. The molecule has 0 unspecified atom stereocenters. The molecule has 0 radical (unpaired) electrons. The Morgan fingerprint density at radius 3 is 2.81 bits per heavy atom. The molecule has 0 spiro atoms. The lowest BCUT2D eigenvalue weighted by Gasteiger charge is -2.44. The number of carbonyl (C=O) groups excluding carboxylic acids is 2. The summed E-state index contributed by atoms with van der Waals surface area (Å²) in [5, 5.41) is 12.9. The Balaban J connectivity index is 1.37. The Bertz CT molecular complexity index is 1340. The van der Waals surface area contributed by atoms with Gasteiger partial charge in [0.15, 0.2) is 0 Å². The number of halogens is 1. The quantitative estimate of drug-likeness (QED) is 0.486. The summed E-state index contributed by atoms with van der Waals surface area (Å²) in [6.45, 7) is 4.56. The van der Waals surface area contributed by atoms with Gasteiger partial charge in [-0.3, -0.25) is 24.9 Å². The first kappa shape index (κ1) is 24.4. The summed E-state index contributed by atoms with van der Waals surface area (Å²) in [7, 11) is 0. The van der Waals surface area contributed by atoms with Crippen LogP contribution in [0, 0.1) is 5.41 Å². The first-order valence-electron chi connectivity index (χ1n) is 12.2. The number of piperidine rings is 1. The Morgan fingerprint density at radius 1 is 1.22 bits per heavy atom. The van der Waals surface area contributed by atoms with E-state index >= 15 is 0 Å². The van der Waals surface area contributed by atoms with Crippen LogP contribution in [0.1, 0.15) is 55.5 Å². The fourth-order valence-electron chi connectivity index (χ4n) is 5.39. The van der Waals surface area contributed by atoms with E-state index in [1.54, 1.807) is 23.2 Å². The highest BCUT2D eigenvalue weighted by molar-refractivity contribution is 6.35. The van der Waals surface area contributed by atoms with Crippen molar-refractivity contribution in [3.63, 3.8) is 0 Å². The number of amidine groups is 1. The minimum absolute atomic E-state index is 0.00467. The van der Waals surface area contributed by atoms with Crippen LogP contribution in [0.5, 0.6) is 0 Å². The number of benzene rings is 2. The minimum Gasteiger partial charge on any atom is -0.378 e. The van der Waals surface area contributed by atoms with E-state index in [0.29, 0.717) is 35.1 Å². The van der Waals surface area contributed by atoms with E-state index in [-0.39, 0.29) is 30.4 Å². The van der Waals surface area contributed by atoms with E-state index in [4.69, 9.17) is 21.7 Å². The molecule has 1 aromatic heterocycles. The van der Waals surface area contributed by atoms with Crippen molar-refractivity contribution in [1.29, 1.82) is 5.41 Å². The number of likely N-dealkylation sites (tertiary alicyclic amines) is 1. The van der Waals surface area contributed by atoms with Gasteiger partial charge in [0.1, 0.15) is 5.84 Å². The summed E-state index contributed by atoms with van der Waals surface area (Å²) in [6, 6.07) is 14.8. The minimum atomic E-state index is -0.649. The average molecular weight is 505 g/mol. The molecule has 3 aromatic rings. The second kappa shape index (κ2) is 9.64. The van der Waals surface area contributed by atoms with Gasteiger partial charge in [-0.15, -0.1) is 0 Å². The predicted molar refractivity (Wildman–Crippen MR) is 141 cm³/mol. The summed E-state index contributed by atoms with van der Waals surface area (Å²) < 4.78 is 5.63. The monoisotopic (exact) mass is 504 g/mol. The third kappa shape index (κ3) is 4.61. The van der Waals surface area contributed by atoms with E-state index < -0.39 is 5.41 Å². The van der Waals surface area contributed by atoms with Gasteiger partial charge < -0.3 is 10.1 Å². The van der Waals surface area contributed by atoms with Crippen molar-refractivity contribution >= 4 is 45.8 Å². The molecule has 5 rings (SSSR count). The number of pyridine rings is 1. The second-order valence-electron chi connectivity index (χ2n) is 10.0. The molecule has 2 aromatic carbocycles. The van der Waals surface area contributed by atoms with Crippen molar-refractivity contribution in [3.8, 4) is 0 Å². The number of anilines is 1. The number of hydrogen-bond donors (Lipinski definition) is 2. The fourth-order valence-corrected chi connectivity index (χ4v) is 5.80. The van der Waals surface area contributed by atoms with Crippen LogP contribution in [0.2, 0.25) is 5.02 Å². The van der Waals surface area contributed by atoms with Crippen LogP contribution >= 0.6 is 11.6 Å². The number of nitrogens with one attached hydrogen (secondary N) is 2. The molecular formula is C28H29ClN4O3. The number of rotatable bonds is 4. The maximum atomic E-state index is 13.3. The molecule has 2 aliphatic rings. The maximum absolute atomic E-state index is 13.3.